The van der Waals surface area contributed by atoms with Gasteiger partial charge in [0.15, 0.2) is 0 Å². The summed E-state index contributed by atoms with van der Waals surface area (Å²) in [4.78, 5) is 28.9. The van der Waals surface area contributed by atoms with Crippen LogP contribution in [0.2, 0.25) is 0 Å². The molecule has 2 amide bonds. The molecule has 9 heteroatoms. The highest BCUT2D eigenvalue weighted by Crippen LogP contribution is 2.26. The number of nitrogens with one attached hydrogen (secondary N) is 1. The van der Waals surface area contributed by atoms with Gasteiger partial charge in [-0.25, -0.2) is 8.42 Å². The molecule has 1 saturated carbocycles. The van der Waals surface area contributed by atoms with Gasteiger partial charge >= 0.3 is 0 Å². The lowest BCUT2D eigenvalue weighted by molar-refractivity contribution is -0.139. The molecule has 1 N–H and O–H groups in total. The van der Waals surface area contributed by atoms with Crippen molar-refractivity contribution in [2.45, 2.75) is 69.5 Å². The number of hydrogen-bond acceptors (Lipinski definition) is 5. The van der Waals surface area contributed by atoms with Gasteiger partial charge in [0.05, 0.1) is 17.2 Å². The van der Waals surface area contributed by atoms with Crippen molar-refractivity contribution in [3.63, 3.8) is 0 Å². The SMILES string of the molecule is CCOc1ccc(S(=O)(=O)N(CC(=O)N(Cc2ccccc2)[C@H](C)C(=O)NC2CCCCC2)c2ccccc2)cc1. The fourth-order valence-electron chi connectivity index (χ4n) is 5.06. The average molecular weight is 578 g/mol. The van der Waals surface area contributed by atoms with Crippen LogP contribution in [0, 0.1) is 0 Å². The fourth-order valence-corrected chi connectivity index (χ4v) is 6.47. The number of amides is 2. The second-order valence-electron chi connectivity index (χ2n) is 10.3. The largest absolute Gasteiger partial charge is 0.494 e. The molecule has 0 saturated heterocycles. The molecule has 1 atom stereocenters. The Bertz CT molecular complexity index is 1380. The van der Waals surface area contributed by atoms with E-state index in [1.807, 2.05) is 37.3 Å². The second-order valence-corrected chi connectivity index (χ2v) is 12.1. The highest BCUT2D eigenvalue weighted by molar-refractivity contribution is 7.92. The van der Waals surface area contributed by atoms with Crippen molar-refractivity contribution in [3.05, 3.63) is 90.5 Å². The van der Waals surface area contributed by atoms with Crippen molar-refractivity contribution in [3.8, 4) is 5.75 Å². The lowest BCUT2D eigenvalue weighted by Gasteiger charge is -2.33. The number of para-hydroxylation sites is 1. The summed E-state index contributed by atoms with van der Waals surface area (Å²) in [7, 11) is -4.13. The van der Waals surface area contributed by atoms with Crippen LogP contribution >= 0.6 is 0 Å². The molecule has 218 valence electrons. The molecule has 0 bridgehead atoms. The minimum atomic E-state index is -4.13. The van der Waals surface area contributed by atoms with Crippen molar-refractivity contribution < 1.29 is 22.7 Å². The van der Waals surface area contributed by atoms with Crippen LogP contribution in [-0.2, 0) is 26.2 Å². The maximum atomic E-state index is 14.0. The minimum Gasteiger partial charge on any atom is -0.494 e. The third-order valence-electron chi connectivity index (χ3n) is 7.36. The maximum absolute atomic E-state index is 14.0. The molecule has 4 rings (SSSR count). The predicted octanol–water partition coefficient (Wildman–Crippen LogP) is 5.15. The summed E-state index contributed by atoms with van der Waals surface area (Å²) in [6, 6.07) is 23.4. The first-order valence-corrected chi connectivity index (χ1v) is 15.7. The van der Waals surface area contributed by atoms with Gasteiger partial charge in [0, 0.05) is 12.6 Å². The van der Waals surface area contributed by atoms with Crippen LogP contribution in [-0.4, -0.2) is 50.4 Å². The van der Waals surface area contributed by atoms with E-state index >= 15 is 0 Å². The molecule has 0 aliphatic heterocycles. The molecule has 0 aromatic heterocycles. The molecule has 0 spiro atoms. The Morgan fingerprint density at radius 2 is 1.51 bits per heavy atom. The summed E-state index contributed by atoms with van der Waals surface area (Å²) in [5.41, 5.74) is 1.20. The summed E-state index contributed by atoms with van der Waals surface area (Å²) in [6.45, 7) is 3.72. The molecular weight excluding hydrogens is 538 g/mol. The van der Waals surface area contributed by atoms with Crippen LogP contribution in [0.3, 0.4) is 0 Å². The highest BCUT2D eigenvalue weighted by Gasteiger charge is 2.33. The quantitative estimate of drug-likeness (QED) is 0.321. The molecule has 8 nitrogen and oxygen atoms in total. The normalized spacial score (nSPS) is 14.6. The van der Waals surface area contributed by atoms with Crippen molar-refractivity contribution in [2.24, 2.45) is 0 Å². The van der Waals surface area contributed by atoms with E-state index in [1.165, 1.54) is 23.5 Å². The highest BCUT2D eigenvalue weighted by atomic mass is 32.2. The average Bonchev–Trinajstić information content (AvgIpc) is 3.00. The Morgan fingerprint density at radius 1 is 0.902 bits per heavy atom. The Balaban J connectivity index is 1.63. The molecule has 3 aromatic carbocycles. The summed E-state index contributed by atoms with van der Waals surface area (Å²) < 4.78 is 34.4. The molecule has 1 fully saturated rings. The lowest BCUT2D eigenvalue weighted by Crippen LogP contribution is -2.53. The maximum Gasteiger partial charge on any atom is 0.264 e. The van der Waals surface area contributed by atoms with Gasteiger partial charge in [0.1, 0.15) is 18.3 Å². The number of rotatable bonds is 12. The Kier molecular flexibility index (Phi) is 10.4. The standard InChI is InChI=1S/C32H39N3O5S/c1-3-40-29-19-21-30(22-20-29)41(38,39)35(28-17-11-6-12-18-28)24-31(36)34(23-26-13-7-4-8-14-26)25(2)32(37)33-27-15-9-5-10-16-27/h4,6-8,11-14,17-22,25,27H,3,5,9-10,15-16,23-24H2,1-2H3,(H,33,37)/t25-/m1/s1. The Morgan fingerprint density at radius 3 is 2.12 bits per heavy atom. The van der Waals surface area contributed by atoms with Gasteiger partial charge in [-0.05, 0) is 68.7 Å². The van der Waals surface area contributed by atoms with Gasteiger partial charge in [0.2, 0.25) is 11.8 Å². The molecule has 0 radical (unpaired) electrons. The van der Waals surface area contributed by atoms with Crippen LogP contribution in [0.5, 0.6) is 5.75 Å². The number of hydrogen-bond donors (Lipinski definition) is 1. The smallest absolute Gasteiger partial charge is 0.264 e. The molecular formula is C32H39N3O5S. The number of sulfonamides is 1. The van der Waals surface area contributed by atoms with Crippen LogP contribution in [0.25, 0.3) is 0 Å². The molecule has 3 aromatic rings. The van der Waals surface area contributed by atoms with E-state index in [2.05, 4.69) is 5.32 Å². The van der Waals surface area contributed by atoms with Gasteiger partial charge in [-0.1, -0.05) is 67.8 Å². The number of benzene rings is 3. The van der Waals surface area contributed by atoms with Crippen LogP contribution < -0.4 is 14.4 Å². The first-order chi connectivity index (χ1) is 19.8. The predicted molar refractivity (Wildman–Crippen MR) is 160 cm³/mol. The van der Waals surface area contributed by atoms with E-state index < -0.39 is 28.5 Å². The first-order valence-electron chi connectivity index (χ1n) is 14.2. The van der Waals surface area contributed by atoms with E-state index in [0.29, 0.717) is 18.0 Å². The van der Waals surface area contributed by atoms with Gasteiger partial charge < -0.3 is 15.0 Å². The summed E-state index contributed by atoms with van der Waals surface area (Å²) in [6.07, 6.45) is 5.15. The minimum absolute atomic E-state index is 0.0373. The zero-order chi connectivity index (χ0) is 29.2. The molecule has 0 unspecified atom stereocenters. The van der Waals surface area contributed by atoms with Crippen LogP contribution in [0.4, 0.5) is 5.69 Å². The first kappa shape index (κ1) is 30.1. The van der Waals surface area contributed by atoms with E-state index in [-0.39, 0.29) is 23.4 Å². The van der Waals surface area contributed by atoms with Crippen molar-refractivity contribution in [2.75, 3.05) is 17.5 Å². The molecule has 41 heavy (non-hydrogen) atoms. The number of anilines is 1. The second kappa shape index (κ2) is 14.2. The summed E-state index contributed by atoms with van der Waals surface area (Å²) in [5, 5.41) is 3.12. The van der Waals surface area contributed by atoms with Gasteiger partial charge in [-0.15, -0.1) is 0 Å². The fraction of sp³-hybridized carbons (Fsp3) is 0.375. The van der Waals surface area contributed by atoms with E-state index in [9.17, 15) is 18.0 Å². The van der Waals surface area contributed by atoms with Gasteiger partial charge in [0.25, 0.3) is 10.0 Å². The zero-order valence-corrected chi connectivity index (χ0v) is 24.6. The molecule has 1 aliphatic rings. The molecule has 1 aliphatic carbocycles. The van der Waals surface area contributed by atoms with Crippen molar-refractivity contribution in [1.82, 2.24) is 10.2 Å². The van der Waals surface area contributed by atoms with Crippen molar-refractivity contribution >= 4 is 27.5 Å². The van der Waals surface area contributed by atoms with Crippen LogP contribution in [0.1, 0.15) is 51.5 Å². The number of nitrogens with zero attached hydrogens (tertiary/aromatic N) is 2. The van der Waals surface area contributed by atoms with E-state index in [4.69, 9.17) is 4.74 Å². The summed E-state index contributed by atoms with van der Waals surface area (Å²) >= 11 is 0. The van der Waals surface area contributed by atoms with Gasteiger partial charge in [-0.3, -0.25) is 13.9 Å². The number of ether oxygens (including phenoxy) is 1. The van der Waals surface area contributed by atoms with E-state index in [0.717, 1.165) is 35.6 Å². The Labute approximate surface area is 243 Å². The topological polar surface area (TPSA) is 96.0 Å². The third-order valence-corrected chi connectivity index (χ3v) is 9.15. The molecule has 0 heterocycles. The van der Waals surface area contributed by atoms with Crippen LogP contribution in [0.15, 0.2) is 89.8 Å². The summed E-state index contributed by atoms with van der Waals surface area (Å²) in [5.74, 6) is -0.152. The third kappa shape index (κ3) is 7.88. The number of carbonyl (C=O) groups is 2. The Hall–Kier alpha value is -3.85. The number of carbonyl (C=O) groups excluding carboxylic acids is 2. The zero-order valence-electron chi connectivity index (χ0n) is 23.7. The van der Waals surface area contributed by atoms with Gasteiger partial charge in [-0.2, -0.15) is 0 Å². The van der Waals surface area contributed by atoms with E-state index in [1.54, 1.807) is 49.4 Å². The monoisotopic (exact) mass is 577 g/mol. The van der Waals surface area contributed by atoms with Crippen molar-refractivity contribution in [1.29, 1.82) is 0 Å². The lowest BCUT2D eigenvalue weighted by atomic mass is 9.95.